The Morgan fingerprint density at radius 1 is 1.03 bits per heavy atom. The van der Waals surface area contributed by atoms with Gasteiger partial charge in [0.05, 0.1) is 10.6 Å². The molecular weight excluding hydrogens is 440 g/mol. The van der Waals surface area contributed by atoms with E-state index in [0.29, 0.717) is 18.8 Å². The Balaban J connectivity index is 1.67. The fraction of sp³-hybridized carbons (Fsp3) is 0.364. The van der Waals surface area contributed by atoms with E-state index in [1.54, 1.807) is 12.1 Å². The molecule has 1 fully saturated rings. The summed E-state index contributed by atoms with van der Waals surface area (Å²) < 4.78 is 32.6. The van der Waals surface area contributed by atoms with Gasteiger partial charge in [-0.3, -0.25) is 4.79 Å². The van der Waals surface area contributed by atoms with Gasteiger partial charge in [-0.05, 0) is 50.1 Å². The van der Waals surface area contributed by atoms with Crippen molar-refractivity contribution < 1.29 is 22.7 Å². The first-order valence-electron chi connectivity index (χ1n) is 10.1. The van der Waals surface area contributed by atoms with Crippen LogP contribution in [0.4, 0.5) is 5.69 Å². The molecule has 1 amide bonds. The summed E-state index contributed by atoms with van der Waals surface area (Å²) in [5.41, 5.74) is 1.66. The van der Waals surface area contributed by atoms with Gasteiger partial charge in [0.25, 0.3) is 5.91 Å². The van der Waals surface area contributed by atoms with E-state index in [1.165, 1.54) is 22.5 Å². The number of hydrogen-bond donors (Lipinski definition) is 1. The molecule has 7 nitrogen and oxygen atoms in total. The number of carbonyl (C=O) groups is 2. The lowest BCUT2D eigenvalue weighted by Gasteiger charge is -2.21. The second-order valence-corrected chi connectivity index (χ2v) is 9.77. The van der Waals surface area contributed by atoms with Gasteiger partial charge in [-0.2, -0.15) is 4.31 Å². The number of benzene rings is 2. The van der Waals surface area contributed by atoms with Gasteiger partial charge >= 0.3 is 5.97 Å². The lowest BCUT2D eigenvalue weighted by Crippen LogP contribution is -2.32. The molecule has 2 aromatic rings. The van der Waals surface area contributed by atoms with Crippen LogP contribution >= 0.6 is 11.6 Å². The number of sulfonamides is 1. The normalized spacial score (nSPS) is 15.2. The van der Waals surface area contributed by atoms with Crippen molar-refractivity contribution in [3.8, 4) is 0 Å². The van der Waals surface area contributed by atoms with Gasteiger partial charge in [-0.1, -0.05) is 42.1 Å². The Kier molecular flexibility index (Phi) is 7.69. The van der Waals surface area contributed by atoms with Crippen molar-refractivity contribution in [3.05, 3.63) is 58.6 Å². The average Bonchev–Trinajstić information content (AvgIpc) is 3.04. The number of amides is 1. The highest BCUT2D eigenvalue weighted by molar-refractivity contribution is 7.89. The zero-order chi connectivity index (χ0) is 22.4. The number of esters is 1. The minimum absolute atomic E-state index is 0.0148. The Labute approximate surface area is 187 Å². The van der Waals surface area contributed by atoms with Crippen molar-refractivity contribution in [1.29, 1.82) is 0 Å². The highest BCUT2D eigenvalue weighted by Crippen LogP contribution is 2.28. The average molecular weight is 465 g/mol. The first-order chi connectivity index (χ1) is 14.8. The molecule has 9 heteroatoms. The number of nitrogens with one attached hydrogen (secondary N) is 1. The number of rotatable bonds is 6. The summed E-state index contributed by atoms with van der Waals surface area (Å²) in [5, 5.41) is 2.67. The third kappa shape index (κ3) is 6.06. The maximum atomic E-state index is 13.1. The van der Waals surface area contributed by atoms with E-state index in [0.717, 1.165) is 31.2 Å². The molecule has 166 valence electrons. The number of ether oxygens (including phenoxy) is 1. The first-order valence-corrected chi connectivity index (χ1v) is 11.9. The molecular formula is C22H25ClN2O5S. The fourth-order valence-electron chi connectivity index (χ4n) is 3.30. The maximum absolute atomic E-state index is 13.1. The van der Waals surface area contributed by atoms with Gasteiger partial charge in [0.15, 0.2) is 6.61 Å². The van der Waals surface area contributed by atoms with Gasteiger partial charge in [0, 0.05) is 18.8 Å². The van der Waals surface area contributed by atoms with Crippen LogP contribution in [0.3, 0.4) is 0 Å². The van der Waals surface area contributed by atoms with Crippen molar-refractivity contribution >= 4 is 39.2 Å². The zero-order valence-corrected chi connectivity index (χ0v) is 18.8. The minimum Gasteiger partial charge on any atom is -0.452 e. The number of anilines is 1. The molecule has 0 unspecified atom stereocenters. The number of halogens is 1. The predicted octanol–water partition coefficient (Wildman–Crippen LogP) is 4.01. The molecule has 1 saturated heterocycles. The molecule has 3 rings (SSSR count). The molecule has 0 spiro atoms. The molecule has 2 aromatic carbocycles. The van der Waals surface area contributed by atoms with Crippen molar-refractivity contribution in [1.82, 2.24) is 4.31 Å². The van der Waals surface area contributed by atoms with Crippen molar-refractivity contribution in [2.24, 2.45) is 0 Å². The SMILES string of the molecule is Cc1ccc(NC(=O)COC(=O)c2ccc(Cl)c(S(=O)(=O)N3CCCCCC3)c2)cc1. The lowest BCUT2D eigenvalue weighted by molar-refractivity contribution is -0.119. The summed E-state index contributed by atoms with van der Waals surface area (Å²) in [6, 6.07) is 11.1. The standard InChI is InChI=1S/C22H25ClN2O5S/c1-16-6-9-18(10-7-16)24-21(26)15-30-22(27)17-8-11-19(23)20(14-17)31(28,29)25-12-4-2-3-5-13-25/h6-11,14H,2-5,12-13,15H2,1H3,(H,24,26). The molecule has 1 N–H and O–H groups in total. The molecule has 1 aliphatic rings. The van der Waals surface area contributed by atoms with Crippen molar-refractivity contribution in [2.45, 2.75) is 37.5 Å². The molecule has 0 radical (unpaired) electrons. The van der Waals surface area contributed by atoms with Crippen molar-refractivity contribution in [2.75, 3.05) is 25.0 Å². The molecule has 0 aromatic heterocycles. The summed E-state index contributed by atoms with van der Waals surface area (Å²) in [5.74, 6) is -1.30. The third-order valence-electron chi connectivity index (χ3n) is 5.02. The van der Waals surface area contributed by atoms with Crippen LogP contribution in [0.15, 0.2) is 47.4 Å². The summed E-state index contributed by atoms with van der Waals surface area (Å²) in [6.45, 7) is 2.28. The van der Waals surface area contributed by atoms with Crippen molar-refractivity contribution in [3.63, 3.8) is 0 Å². The Morgan fingerprint density at radius 2 is 1.68 bits per heavy atom. The van der Waals surface area contributed by atoms with Gasteiger partial charge in [0.1, 0.15) is 4.90 Å². The third-order valence-corrected chi connectivity index (χ3v) is 7.40. The van der Waals surface area contributed by atoms with Crippen LogP contribution in [0, 0.1) is 6.92 Å². The van der Waals surface area contributed by atoms with Gasteiger partial charge in [0.2, 0.25) is 10.0 Å². The highest BCUT2D eigenvalue weighted by atomic mass is 35.5. The molecule has 1 heterocycles. The van der Waals surface area contributed by atoms with Crippen LogP contribution in [-0.2, 0) is 19.6 Å². The Morgan fingerprint density at radius 3 is 2.32 bits per heavy atom. The lowest BCUT2D eigenvalue weighted by atomic mass is 10.2. The van der Waals surface area contributed by atoms with E-state index in [9.17, 15) is 18.0 Å². The van der Waals surface area contributed by atoms with E-state index in [2.05, 4.69) is 5.32 Å². The molecule has 31 heavy (non-hydrogen) atoms. The van der Waals surface area contributed by atoms with Crippen LogP contribution < -0.4 is 5.32 Å². The van der Waals surface area contributed by atoms with E-state index >= 15 is 0 Å². The Hall–Kier alpha value is -2.42. The monoisotopic (exact) mass is 464 g/mol. The van der Waals surface area contributed by atoms with E-state index in [1.807, 2.05) is 19.1 Å². The topological polar surface area (TPSA) is 92.8 Å². The van der Waals surface area contributed by atoms with Crippen LogP contribution in [0.1, 0.15) is 41.6 Å². The molecule has 1 aliphatic heterocycles. The van der Waals surface area contributed by atoms with Crippen LogP contribution in [-0.4, -0.2) is 44.3 Å². The second-order valence-electron chi connectivity index (χ2n) is 7.45. The van der Waals surface area contributed by atoms with E-state index in [4.69, 9.17) is 16.3 Å². The summed E-state index contributed by atoms with van der Waals surface area (Å²) in [4.78, 5) is 24.3. The first kappa shape index (κ1) is 23.2. The minimum atomic E-state index is -3.83. The number of hydrogen-bond acceptors (Lipinski definition) is 5. The van der Waals surface area contributed by atoms with Gasteiger partial charge in [-0.25, -0.2) is 13.2 Å². The van der Waals surface area contributed by atoms with Crippen LogP contribution in [0.2, 0.25) is 5.02 Å². The van der Waals surface area contributed by atoms with Crippen LogP contribution in [0.25, 0.3) is 0 Å². The number of carbonyl (C=O) groups excluding carboxylic acids is 2. The van der Waals surface area contributed by atoms with E-state index in [-0.39, 0.29) is 15.5 Å². The fourth-order valence-corrected chi connectivity index (χ4v) is 5.32. The highest BCUT2D eigenvalue weighted by Gasteiger charge is 2.28. The molecule has 0 saturated carbocycles. The van der Waals surface area contributed by atoms with E-state index < -0.39 is 28.5 Å². The molecule has 0 aliphatic carbocycles. The van der Waals surface area contributed by atoms with Gasteiger partial charge in [-0.15, -0.1) is 0 Å². The molecule has 0 atom stereocenters. The predicted molar refractivity (Wildman–Crippen MR) is 119 cm³/mol. The smallest absolute Gasteiger partial charge is 0.338 e. The van der Waals surface area contributed by atoms with Gasteiger partial charge < -0.3 is 10.1 Å². The van der Waals surface area contributed by atoms with Crippen LogP contribution in [0.5, 0.6) is 0 Å². The summed E-state index contributed by atoms with van der Waals surface area (Å²) in [7, 11) is -3.83. The summed E-state index contributed by atoms with van der Waals surface area (Å²) in [6.07, 6.45) is 3.54. The zero-order valence-electron chi connectivity index (χ0n) is 17.3. The quantitative estimate of drug-likeness (QED) is 0.652. The number of aryl methyl sites for hydroxylation is 1. The summed E-state index contributed by atoms with van der Waals surface area (Å²) >= 11 is 6.15. The number of nitrogens with zero attached hydrogens (tertiary/aromatic N) is 1. The largest absolute Gasteiger partial charge is 0.452 e. The maximum Gasteiger partial charge on any atom is 0.338 e. The Bertz CT molecular complexity index is 1050. The molecule has 0 bridgehead atoms. The second kappa shape index (κ2) is 10.3.